The molecule has 2 rings (SSSR count). The summed E-state index contributed by atoms with van der Waals surface area (Å²) in [6, 6.07) is 9.33. The van der Waals surface area contributed by atoms with Gasteiger partial charge in [0.25, 0.3) is 0 Å². The molecule has 0 amide bonds. The smallest absolute Gasteiger partial charge is 0.119 e. The van der Waals surface area contributed by atoms with Gasteiger partial charge in [-0.1, -0.05) is 19.1 Å². The Hall–Kier alpha value is -1.06. The Morgan fingerprint density at radius 2 is 2.05 bits per heavy atom. The van der Waals surface area contributed by atoms with Gasteiger partial charge < -0.3 is 15.0 Å². The molecule has 0 aromatic heterocycles. The van der Waals surface area contributed by atoms with Crippen molar-refractivity contribution in [2.75, 3.05) is 27.7 Å². The summed E-state index contributed by atoms with van der Waals surface area (Å²) in [7, 11) is 5.99. The van der Waals surface area contributed by atoms with Gasteiger partial charge in [0.1, 0.15) is 5.75 Å². The Bertz CT molecular complexity index is 440. The first-order valence-corrected chi connectivity index (χ1v) is 7.50. The molecule has 1 N–H and O–H groups in total. The minimum absolute atomic E-state index is 0.370. The molecule has 3 nitrogen and oxygen atoms in total. The fraction of sp³-hybridized carbons (Fsp3) is 0.647. The van der Waals surface area contributed by atoms with Crippen LogP contribution in [0.25, 0.3) is 0 Å². The van der Waals surface area contributed by atoms with Gasteiger partial charge in [0.2, 0.25) is 0 Å². The lowest BCUT2D eigenvalue weighted by Crippen LogP contribution is -2.39. The summed E-state index contributed by atoms with van der Waals surface area (Å²) in [5, 5.41) is 3.72. The lowest BCUT2D eigenvalue weighted by Gasteiger charge is -2.29. The fourth-order valence-electron chi connectivity index (χ4n) is 2.61. The molecule has 1 fully saturated rings. The number of rotatable bonds is 7. The summed E-state index contributed by atoms with van der Waals surface area (Å²) in [4.78, 5) is 2.27. The highest BCUT2D eigenvalue weighted by molar-refractivity contribution is 5.30. The predicted molar refractivity (Wildman–Crippen MR) is 84.2 cm³/mol. The van der Waals surface area contributed by atoms with Crippen LogP contribution in [0.5, 0.6) is 5.75 Å². The minimum Gasteiger partial charge on any atom is -0.497 e. The molecule has 20 heavy (non-hydrogen) atoms. The average Bonchev–Trinajstić information content (AvgIpc) is 3.18. The van der Waals surface area contributed by atoms with Crippen molar-refractivity contribution in [3.8, 4) is 5.75 Å². The van der Waals surface area contributed by atoms with Crippen LogP contribution in [0.2, 0.25) is 0 Å². The van der Waals surface area contributed by atoms with Gasteiger partial charge in [-0.05, 0) is 57.0 Å². The Labute approximate surface area is 123 Å². The molecule has 2 atom stereocenters. The van der Waals surface area contributed by atoms with Crippen LogP contribution in [-0.2, 0) is 0 Å². The zero-order valence-electron chi connectivity index (χ0n) is 13.4. The van der Waals surface area contributed by atoms with Crippen molar-refractivity contribution in [3.05, 3.63) is 29.8 Å². The van der Waals surface area contributed by atoms with Crippen molar-refractivity contribution in [3.63, 3.8) is 0 Å². The first kappa shape index (κ1) is 15.3. The van der Waals surface area contributed by atoms with E-state index in [1.54, 1.807) is 7.11 Å². The van der Waals surface area contributed by atoms with Gasteiger partial charge in [-0.15, -0.1) is 0 Å². The first-order valence-electron chi connectivity index (χ1n) is 7.50. The maximum Gasteiger partial charge on any atom is 0.119 e. The van der Waals surface area contributed by atoms with Crippen molar-refractivity contribution in [2.24, 2.45) is 5.41 Å². The summed E-state index contributed by atoms with van der Waals surface area (Å²) in [6.45, 7) is 5.66. The second kappa shape index (κ2) is 6.15. The summed E-state index contributed by atoms with van der Waals surface area (Å²) < 4.78 is 5.34. The SMILES string of the molecule is COc1cccc(C(CNC(C)C2(C)CC2)N(C)C)c1. The lowest BCUT2D eigenvalue weighted by atomic mass is 9.99. The van der Waals surface area contributed by atoms with E-state index in [1.165, 1.54) is 18.4 Å². The highest BCUT2D eigenvalue weighted by Gasteiger charge is 2.42. The Morgan fingerprint density at radius 3 is 2.60 bits per heavy atom. The van der Waals surface area contributed by atoms with Gasteiger partial charge in [-0.2, -0.15) is 0 Å². The number of benzene rings is 1. The Morgan fingerprint density at radius 1 is 1.35 bits per heavy atom. The number of likely N-dealkylation sites (N-methyl/N-ethyl adjacent to an activating group) is 1. The summed E-state index contributed by atoms with van der Waals surface area (Å²) in [6.07, 6.45) is 2.71. The third-order valence-electron chi connectivity index (χ3n) is 4.80. The first-order chi connectivity index (χ1) is 9.46. The van der Waals surface area contributed by atoms with Crippen LogP contribution in [0.1, 0.15) is 38.3 Å². The van der Waals surface area contributed by atoms with Gasteiger partial charge in [0, 0.05) is 18.6 Å². The van der Waals surface area contributed by atoms with Crippen molar-refractivity contribution >= 4 is 0 Å². The third kappa shape index (κ3) is 3.53. The summed E-state index contributed by atoms with van der Waals surface area (Å²) in [5.74, 6) is 0.927. The van der Waals surface area contributed by atoms with Crippen LogP contribution in [0.4, 0.5) is 0 Å². The van der Waals surface area contributed by atoms with Crippen molar-refractivity contribution in [2.45, 2.75) is 38.8 Å². The van der Waals surface area contributed by atoms with E-state index in [2.05, 4.69) is 56.4 Å². The van der Waals surface area contributed by atoms with E-state index in [1.807, 2.05) is 6.07 Å². The summed E-state index contributed by atoms with van der Waals surface area (Å²) >= 11 is 0. The van der Waals surface area contributed by atoms with Crippen molar-refractivity contribution < 1.29 is 4.74 Å². The number of nitrogens with one attached hydrogen (secondary N) is 1. The summed E-state index contributed by atoms with van der Waals surface area (Å²) in [5.41, 5.74) is 1.82. The normalized spacial score (nSPS) is 19.7. The molecule has 1 aromatic carbocycles. The van der Waals surface area contributed by atoms with Crippen LogP contribution >= 0.6 is 0 Å². The molecule has 1 aliphatic rings. The molecule has 0 aliphatic heterocycles. The molecule has 0 spiro atoms. The second-order valence-corrected chi connectivity index (χ2v) is 6.54. The number of methoxy groups -OCH3 is 1. The highest BCUT2D eigenvalue weighted by Crippen LogP contribution is 2.48. The zero-order chi connectivity index (χ0) is 14.8. The maximum atomic E-state index is 5.34. The van der Waals surface area contributed by atoms with Crippen molar-refractivity contribution in [1.82, 2.24) is 10.2 Å². The molecule has 2 unspecified atom stereocenters. The molecule has 3 heteroatoms. The van der Waals surface area contributed by atoms with E-state index in [9.17, 15) is 0 Å². The monoisotopic (exact) mass is 276 g/mol. The van der Waals surface area contributed by atoms with Crippen LogP contribution in [0, 0.1) is 5.41 Å². The Balaban J connectivity index is 2.02. The number of nitrogens with zero attached hydrogens (tertiary/aromatic N) is 1. The predicted octanol–water partition coefficient (Wildman–Crippen LogP) is 3.08. The molecule has 1 aromatic rings. The van der Waals surface area contributed by atoms with Gasteiger partial charge in [0.05, 0.1) is 7.11 Å². The quantitative estimate of drug-likeness (QED) is 0.828. The van der Waals surface area contributed by atoms with E-state index in [0.29, 0.717) is 17.5 Å². The number of hydrogen-bond donors (Lipinski definition) is 1. The van der Waals surface area contributed by atoms with Crippen molar-refractivity contribution in [1.29, 1.82) is 0 Å². The van der Waals surface area contributed by atoms with E-state index in [0.717, 1.165) is 12.3 Å². The largest absolute Gasteiger partial charge is 0.497 e. The number of hydrogen-bond acceptors (Lipinski definition) is 3. The number of ether oxygens (including phenoxy) is 1. The molecule has 0 radical (unpaired) electrons. The Kier molecular flexibility index (Phi) is 4.71. The standard InChI is InChI=1S/C17H28N2O/c1-13(17(2)9-10-17)18-12-16(19(3)4)14-7-6-8-15(11-14)20-5/h6-8,11,13,16,18H,9-10,12H2,1-5H3. The second-order valence-electron chi connectivity index (χ2n) is 6.54. The lowest BCUT2D eigenvalue weighted by molar-refractivity contribution is 0.264. The van der Waals surface area contributed by atoms with E-state index < -0.39 is 0 Å². The molecule has 1 aliphatic carbocycles. The van der Waals surface area contributed by atoms with Crippen LogP contribution < -0.4 is 10.1 Å². The van der Waals surface area contributed by atoms with Crippen LogP contribution in [0.3, 0.4) is 0 Å². The van der Waals surface area contributed by atoms with Crippen LogP contribution in [0.15, 0.2) is 24.3 Å². The van der Waals surface area contributed by atoms with Gasteiger partial charge in [-0.3, -0.25) is 0 Å². The maximum absolute atomic E-state index is 5.34. The average molecular weight is 276 g/mol. The van der Waals surface area contributed by atoms with Crippen LogP contribution in [-0.4, -0.2) is 38.7 Å². The van der Waals surface area contributed by atoms with Gasteiger partial charge in [-0.25, -0.2) is 0 Å². The van der Waals surface area contributed by atoms with Gasteiger partial charge in [0.15, 0.2) is 0 Å². The molecule has 0 saturated heterocycles. The zero-order valence-corrected chi connectivity index (χ0v) is 13.4. The fourth-order valence-corrected chi connectivity index (χ4v) is 2.61. The molecule has 0 heterocycles. The van der Waals surface area contributed by atoms with E-state index in [-0.39, 0.29) is 0 Å². The van der Waals surface area contributed by atoms with Gasteiger partial charge >= 0.3 is 0 Å². The minimum atomic E-state index is 0.370. The molecular weight excluding hydrogens is 248 g/mol. The molecule has 1 saturated carbocycles. The third-order valence-corrected chi connectivity index (χ3v) is 4.80. The van der Waals surface area contributed by atoms with E-state index >= 15 is 0 Å². The van der Waals surface area contributed by atoms with E-state index in [4.69, 9.17) is 4.74 Å². The highest BCUT2D eigenvalue weighted by atomic mass is 16.5. The molecule has 0 bridgehead atoms. The molecule has 112 valence electrons. The molecular formula is C17H28N2O. The topological polar surface area (TPSA) is 24.5 Å².